The van der Waals surface area contributed by atoms with E-state index in [1.807, 2.05) is 91.0 Å². The van der Waals surface area contributed by atoms with Crippen LogP contribution >= 0.6 is 0 Å². The summed E-state index contributed by atoms with van der Waals surface area (Å²) < 4.78 is 42.9. The fraction of sp³-hybridized carbons (Fsp3) is 0.241. The van der Waals surface area contributed by atoms with Crippen LogP contribution in [0.25, 0.3) is 0 Å². The molecule has 0 atom stereocenters. The smallest absolute Gasteiger partial charge is 0.445 e. The lowest BCUT2D eigenvalue weighted by Crippen LogP contribution is -2.49. The van der Waals surface area contributed by atoms with Crippen LogP contribution in [0.1, 0.15) is 16.7 Å². The summed E-state index contributed by atoms with van der Waals surface area (Å²) in [5, 5.41) is 5.40. The number of nitrogens with one attached hydrogen (secondary N) is 2. The quantitative estimate of drug-likeness (QED) is 0.262. The van der Waals surface area contributed by atoms with Crippen LogP contribution in [0.2, 0.25) is 0 Å². The van der Waals surface area contributed by atoms with Crippen molar-refractivity contribution in [1.82, 2.24) is 15.5 Å². The zero-order valence-electron chi connectivity index (χ0n) is 20.8. The molecule has 3 aromatic rings. The molecule has 38 heavy (non-hydrogen) atoms. The summed E-state index contributed by atoms with van der Waals surface area (Å²) in [6.45, 7) is 3.26. The van der Waals surface area contributed by atoms with Crippen molar-refractivity contribution >= 4 is 12.0 Å². The molecule has 3 aromatic carbocycles. The summed E-state index contributed by atoms with van der Waals surface area (Å²) in [4.78, 5) is 25.1. The van der Waals surface area contributed by atoms with E-state index in [1.54, 1.807) is 5.32 Å². The number of hydrogen-bond acceptors (Lipinski definition) is 4. The first-order valence-electron chi connectivity index (χ1n) is 12.1. The highest BCUT2D eigenvalue weighted by atomic mass is 19.4. The highest BCUT2D eigenvalue weighted by molar-refractivity contribution is 5.81. The molecular formula is C29H30F3N3O3. The average molecular weight is 526 g/mol. The Labute approximate surface area is 220 Å². The van der Waals surface area contributed by atoms with Gasteiger partial charge in [0.15, 0.2) is 0 Å². The van der Waals surface area contributed by atoms with Crippen molar-refractivity contribution in [2.24, 2.45) is 0 Å². The number of benzene rings is 3. The van der Waals surface area contributed by atoms with E-state index in [0.29, 0.717) is 0 Å². The number of hydrogen-bond donors (Lipinski definition) is 2. The molecule has 0 fully saturated rings. The minimum atomic E-state index is -5.00. The van der Waals surface area contributed by atoms with E-state index in [1.165, 1.54) is 11.0 Å². The number of rotatable bonds is 12. The Bertz CT molecular complexity index is 1080. The Hall–Kier alpha value is -4.11. The van der Waals surface area contributed by atoms with Gasteiger partial charge in [-0.2, -0.15) is 13.2 Å². The van der Waals surface area contributed by atoms with Gasteiger partial charge in [0.05, 0.1) is 5.54 Å². The van der Waals surface area contributed by atoms with E-state index in [-0.39, 0.29) is 32.8 Å². The van der Waals surface area contributed by atoms with Gasteiger partial charge in [-0.3, -0.25) is 10.1 Å². The predicted molar refractivity (Wildman–Crippen MR) is 139 cm³/mol. The number of halogens is 3. The molecule has 0 spiro atoms. The molecule has 2 amide bonds. The van der Waals surface area contributed by atoms with Gasteiger partial charge in [0.2, 0.25) is 0 Å². The zero-order chi connectivity index (χ0) is 27.4. The normalized spacial score (nSPS) is 11.4. The molecule has 9 heteroatoms. The standard InChI is InChI=1S/C29H30F3N3O3/c1-2-22-38-27(37)35(20-18-33-26(36)29(30,31)32)21-19-34-28(23-12-6-3-7-13-23,24-14-8-4-9-15-24)25-16-10-5-11-17-25/h2-17,34H,1,18-22H2,(H,33,36). The van der Waals surface area contributed by atoms with Crippen LogP contribution in [0.15, 0.2) is 104 Å². The molecule has 0 aliphatic carbocycles. The van der Waals surface area contributed by atoms with Crippen LogP contribution < -0.4 is 10.6 Å². The third kappa shape index (κ3) is 7.23. The van der Waals surface area contributed by atoms with Crippen molar-refractivity contribution in [2.45, 2.75) is 11.7 Å². The molecule has 3 rings (SSSR count). The van der Waals surface area contributed by atoms with Gasteiger partial charge in [-0.25, -0.2) is 4.79 Å². The maximum atomic E-state index is 12.6. The molecule has 6 nitrogen and oxygen atoms in total. The predicted octanol–water partition coefficient (Wildman–Crippen LogP) is 4.87. The number of amides is 2. The number of nitrogens with zero attached hydrogens (tertiary/aromatic N) is 1. The van der Waals surface area contributed by atoms with Crippen molar-refractivity contribution in [3.05, 3.63) is 120 Å². The van der Waals surface area contributed by atoms with Gasteiger partial charge < -0.3 is 15.0 Å². The Morgan fingerprint density at radius 3 is 1.66 bits per heavy atom. The molecule has 0 saturated carbocycles. The van der Waals surface area contributed by atoms with Gasteiger partial charge in [0.25, 0.3) is 0 Å². The first-order chi connectivity index (χ1) is 18.3. The minimum Gasteiger partial charge on any atom is -0.445 e. The van der Waals surface area contributed by atoms with Crippen molar-refractivity contribution in [3.63, 3.8) is 0 Å². The molecule has 0 heterocycles. The van der Waals surface area contributed by atoms with E-state index < -0.39 is 23.7 Å². The second-order valence-corrected chi connectivity index (χ2v) is 8.38. The zero-order valence-corrected chi connectivity index (χ0v) is 20.8. The van der Waals surface area contributed by atoms with Crippen LogP contribution in [0.4, 0.5) is 18.0 Å². The largest absolute Gasteiger partial charge is 0.471 e. The molecule has 0 bridgehead atoms. The van der Waals surface area contributed by atoms with Gasteiger partial charge >= 0.3 is 18.2 Å². The topological polar surface area (TPSA) is 70.7 Å². The molecule has 2 N–H and O–H groups in total. The summed E-state index contributed by atoms with van der Waals surface area (Å²) in [5.74, 6) is -2.06. The number of alkyl halides is 3. The third-order valence-electron chi connectivity index (χ3n) is 5.90. The van der Waals surface area contributed by atoms with E-state index in [0.717, 1.165) is 16.7 Å². The maximum absolute atomic E-state index is 12.6. The number of ether oxygens (including phenoxy) is 1. The SMILES string of the molecule is C=CCOC(=O)N(CCNC(=O)C(F)(F)F)CCNC(c1ccccc1)(c1ccccc1)c1ccccc1. The van der Waals surface area contributed by atoms with Crippen LogP contribution in [-0.4, -0.2) is 55.9 Å². The van der Waals surface area contributed by atoms with Crippen molar-refractivity contribution in [3.8, 4) is 0 Å². The summed E-state index contributed by atoms with van der Waals surface area (Å²) in [7, 11) is 0. The molecule has 0 unspecified atom stereocenters. The number of carbonyl (C=O) groups excluding carboxylic acids is 2. The van der Waals surface area contributed by atoms with E-state index in [9.17, 15) is 22.8 Å². The molecule has 0 aliphatic heterocycles. The van der Waals surface area contributed by atoms with Gasteiger partial charge in [0.1, 0.15) is 6.61 Å². The molecular weight excluding hydrogens is 495 g/mol. The molecule has 0 radical (unpaired) electrons. The third-order valence-corrected chi connectivity index (χ3v) is 5.90. The Balaban J connectivity index is 1.87. The summed E-state index contributed by atoms with van der Waals surface area (Å²) in [5.41, 5.74) is 2.12. The van der Waals surface area contributed by atoms with Crippen molar-refractivity contribution < 1.29 is 27.5 Å². The first-order valence-corrected chi connectivity index (χ1v) is 12.1. The lowest BCUT2D eigenvalue weighted by molar-refractivity contribution is -0.173. The molecule has 200 valence electrons. The Morgan fingerprint density at radius 2 is 1.24 bits per heavy atom. The van der Waals surface area contributed by atoms with Gasteiger partial charge in [0, 0.05) is 26.2 Å². The van der Waals surface area contributed by atoms with Crippen LogP contribution in [-0.2, 0) is 15.1 Å². The highest BCUT2D eigenvalue weighted by Crippen LogP contribution is 2.36. The van der Waals surface area contributed by atoms with E-state index >= 15 is 0 Å². The lowest BCUT2D eigenvalue weighted by atomic mass is 9.77. The number of carbonyl (C=O) groups is 2. The van der Waals surface area contributed by atoms with Crippen LogP contribution in [0.5, 0.6) is 0 Å². The van der Waals surface area contributed by atoms with Gasteiger partial charge in [-0.15, -0.1) is 0 Å². The summed E-state index contributed by atoms with van der Waals surface area (Å²) in [6, 6.07) is 29.5. The van der Waals surface area contributed by atoms with Crippen LogP contribution in [0, 0.1) is 0 Å². The van der Waals surface area contributed by atoms with Crippen molar-refractivity contribution in [2.75, 3.05) is 32.8 Å². The fourth-order valence-corrected chi connectivity index (χ4v) is 4.17. The monoisotopic (exact) mass is 525 g/mol. The van der Waals surface area contributed by atoms with Gasteiger partial charge in [-0.1, -0.05) is 104 Å². The molecule has 0 aromatic heterocycles. The Kier molecular flexibility index (Phi) is 10.1. The molecule has 0 saturated heterocycles. The van der Waals surface area contributed by atoms with Crippen LogP contribution in [0.3, 0.4) is 0 Å². The first kappa shape index (κ1) is 28.5. The Morgan fingerprint density at radius 1 is 0.789 bits per heavy atom. The van der Waals surface area contributed by atoms with Crippen molar-refractivity contribution in [1.29, 1.82) is 0 Å². The lowest BCUT2D eigenvalue weighted by Gasteiger charge is -2.38. The minimum absolute atomic E-state index is 0.0559. The molecule has 0 aliphatic rings. The second-order valence-electron chi connectivity index (χ2n) is 8.38. The summed E-state index contributed by atoms with van der Waals surface area (Å²) >= 11 is 0. The maximum Gasteiger partial charge on any atom is 0.471 e. The van der Waals surface area contributed by atoms with E-state index in [4.69, 9.17) is 4.74 Å². The average Bonchev–Trinajstić information content (AvgIpc) is 2.94. The summed E-state index contributed by atoms with van der Waals surface area (Å²) in [6.07, 6.45) is -4.33. The fourth-order valence-electron chi connectivity index (χ4n) is 4.17. The van der Waals surface area contributed by atoms with Gasteiger partial charge in [-0.05, 0) is 16.7 Å². The second kappa shape index (κ2) is 13.4. The van der Waals surface area contributed by atoms with E-state index in [2.05, 4.69) is 11.9 Å². The highest BCUT2D eigenvalue weighted by Gasteiger charge is 2.38.